The van der Waals surface area contributed by atoms with Crippen molar-refractivity contribution in [1.82, 2.24) is 0 Å². The van der Waals surface area contributed by atoms with Gasteiger partial charge in [-0.2, -0.15) is 0 Å². The second kappa shape index (κ2) is 9.56. The van der Waals surface area contributed by atoms with Crippen LogP contribution in [0.4, 0.5) is 0 Å². The van der Waals surface area contributed by atoms with E-state index in [0.717, 1.165) is 19.3 Å². The van der Waals surface area contributed by atoms with Gasteiger partial charge in [-0.05, 0) is 41.7 Å². The first kappa shape index (κ1) is 18.7. The van der Waals surface area contributed by atoms with E-state index in [1.54, 1.807) is 0 Å². The van der Waals surface area contributed by atoms with E-state index in [9.17, 15) is 0 Å². The van der Waals surface area contributed by atoms with E-state index in [1.807, 2.05) is 12.1 Å². The topological polar surface area (TPSA) is 9.23 Å². The van der Waals surface area contributed by atoms with Crippen molar-refractivity contribution in [2.75, 3.05) is 12.5 Å². The normalized spacial score (nSPS) is 19.7. The summed E-state index contributed by atoms with van der Waals surface area (Å²) in [7, 11) is 0. The zero-order valence-corrected chi connectivity index (χ0v) is 15.7. The van der Waals surface area contributed by atoms with Gasteiger partial charge in [0.1, 0.15) is 5.60 Å². The highest BCUT2D eigenvalue weighted by Crippen LogP contribution is 2.38. The van der Waals surface area contributed by atoms with Gasteiger partial charge in [-0.1, -0.05) is 78.9 Å². The van der Waals surface area contributed by atoms with Crippen LogP contribution in [0.5, 0.6) is 0 Å². The fraction of sp³-hybridized carbons (Fsp3) is 0.250. The van der Waals surface area contributed by atoms with Gasteiger partial charge >= 0.3 is 0 Å². The van der Waals surface area contributed by atoms with Gasteiger partial charge in [0.25, 0.3) is 0 Å². The van der Waals surface area contributed by atoms with Crippen molar-refractivity contribution < 1.29 is 4.74 Å². The summed E-state index contributed by atoms with van der Waals surface area (Å²) in [5.74, 6) is 0.678. The van der Waals surface area contributed by atoms with Gasteiger partial charge < -0.3 is 4.74 Å². The van der Waals surface area contributed by atoms with Gasteiger partial charge in [-0.25, -0.2) is 0 Å². The first-order chi connectivity index (χ1) is 12.8. The lowest BCUT2D eigenvalue weighted by atomic mass is 9.81. The molecule has 0 aliphatic heterocycles. The average molecular weight is 365 g/mol. The molecule has 0 radical (unpaired) electrons. The number of alkyl halides is 1. The highest BCUT2D eigenvalue weighted by Gasteiger charge is 2.33. The number of rotatable bonds is 8. The molecule has 134 valence electrons. The van der Waals surface area contributed by atoms with Crippen molar-refractivity contribution in [3.05, 3.63) is 96.1 Å². The number of benzene rings is 2. The fourth-order valence-electron chi connectivity index (χ4n) is 3.22. The Labute approximate surface area is 161 Å². The van der Waals surface area contributed by atoms with Crippen LogP contribution < -0.4 is 0 Å². The number of allylic oxidation sites excluding steroid dienone is 2. The van der Waals surface area contributed by atoms with Crippen molar-refractivity contribution in [3.63, 3.8) is 0 Å². The SMILES string of the molecule is ClCCCCOC1(C(=Cc2ccccc2)c2ccccc2)C=CC=CC1. The minimum atomic E-state index is -0.446. The first-order valence-electron chi connectivity index (χ1n) is 9.21. The number of unbranched alkanes of at least 4 members (excludes halogenated alkanes) is 1. The number of hydrogen-bond donors (Lipinski definition) is 0. The fourth-order valence-corrected chi connectivity index (χ4v) is 3.41. The van der Waals surface area contributed by atoms with Crippen LogP contribution in [0.15, 0.2) is 85.0 Å². The number of halogens is 1. The monoisotopic (exact) mass is 364 g/mol. The molecule has 0 heterocycles. The third-order valence-corrected chi connectivity index (χ3v) is 4.84. The van der Waals surface area contributed by atoms with E-state index in [4.69, 9.17) is 16.3 Å². The van der Waals surface area contributed by atoms with Crippen molar-refractivity contribution in [2.45, 2.75) is 24.9 Å². The third-order valence-electron chi connectivity index (χ3n) is 4.57. The Balaban J connectivity index is 2.00. The smallest absolute Gasteiger partial charge is 0.116 e. The molecule has 2 aromatic rings. The second-order valence-corrected chi connectivity index (χ2v) is 6.84. The molecule has 0 spiro atoms. The van der Waals surface area contributed by atoms with Crippen LogP contribution >= 0.6 is 11.6 Å². The molecule has 0 N–H and O–H groups in total. The summed E-state index contributed by atoms with van der Waals surface area (Å²) < 4.78 is 6.50. The Hall–Kier alpha value is -2.09. The van der Waals surface area contributed by atoms with E-state index in [-0.39, 0.29) is 0 Å². The highest BCUT2D eigenvalue weighted by molar-refractivity contribution is 6.17. The predicted molar refractivity (Wildman–Crippen MR) is 112 cm³/mol. The maximum absolute atomic E-state index is 6.50. The Bertz CT molecular complexity index is 761. The molecule has 0 amide bonds. The summed E-state index contributed by atoms with van der Waals surface area (Å²) in [6.45, 7) is 0.698. The van der Waals surface area contributed by atoms with Crippen molar-refractivity contribution in [2.24, 2.45) is 0 Å². The molecular formula is C24H25ClO. The molecule has 0 aromatic heterocycles. The van der Waals surface area contributed by atoms with E-state index >= 15 is 0 Å². The van der Waals surface area contributed by atoms with E-state index in [0.29, 0.717) is 12.5 Å². The summed E-state index contributed by atoms with van der Waals surface area (Å²) in [5.41, 5.74) is 3.11. The lowest BCUT2D eigenvalue weighted by molar-refractivity contribution is 0.0353. The van der Waals surface area contributed by atoms with Crippen LogP contribution in [0, 0.1) is 0 Å². The van der Waals surface area contributed by atoms with Crippen LogP contribution in [0.2, 0.25) is 0 Å². The molecule has 26 heavy (non-hydrogen) atoms. The average Bonchev–Trinajstić information content (AvgIpc) is 2.72. The van der Waals surface area contributed by atoms with E-state index in [2.05, 4.69) is 78.9 Å². The molecule has 0 saturated heterocycles. The van der Waals surface area contributed by atoms with Gasteiger partial charge in [-0.3, -0.25) is 0 Å². The molecule has 0 bridgehead atoms. The summed E-state index contributed by atoms with van der Waals surface area (Å²) >= 11 is 5.83. The summed E-state index contributed by atoms with van der Waals surface area (Å²) in [4.78, 5) is 0. The van der Waals surface area contributed by atoms with E-state index < -0.39 is 5.60 Å². The first-order valence-corrected chi connectivity index (χ1v) is 9.74. The Morgan fingerprint density at radius 3 is 2.35 bits per heavy atom. The minimum absolute atomic E-state index is 0.446. The highest BCUT2D eigenvalue weighted by atomic mass is 35.5. The molecule has 1 atom stereocenters. The van der Waals surface area contributed by atoms with Gasteiger partial charge in [0.2, 0.25) is 0 Å². The predicted octanol–water partition coefficient (Wildman–Crippen LogP) is 6.52. The molecule has 3 rings (SSSR count). The lowest BCUT2D eigenvalue weighted by Crippen LogP contribution is -2.33. The third kappa shape index (κ3) is 4.75. The Morgan fingerprint density at radius 2 is 1.69 bits per heavy atom. The molecule has 0 saturated carbocycles. The zero-order chi connectivity index (χ0) is 18.1. The Morgan fingerprint density at radius 1 is 0.962 bits per heavy atom. The van der Waals surface area contributed by atoms with Gasteiger partial charge in [0.05, 0.1) is 0 Å². The summed E-state index contributed by atoms with van der Waals surface area (Å²) in [5, 5.41) is 0. The molecule has 1 aliphatic carbocycles. The molecule has 1 nitrogen and oxygen atoms in total. The van der Waals surface area contributed by atoms with Gasteiger partial charge in [0.15, 0.2) is 0 Å². The summed E-state index contributed by atoms with van der Waals surface area (Å²) in [6.07, 6.45) is 13.6. The second-order valence-electron chi connectivity index (χ2n) is 6.46. The molecule has 2 aromatic carbocycles. The lowest BCUT2D eigenvalue weighted by Gasteiger charge is -2.35. The minimum Gasteiger partial charge on any atom is -0.366 e. The molecule has 2 heteroatoms. The molecular weight excluding hydrogens is 340 g/mol. The zero-order valence-electron chi connectivity index (χ0n) is 15.0. The standard InChI is InChI=1S/C24H25ClO/c25-18-10-11-19-26-24(16-8-3-9-17-24)23(22-14-6-2-7-15-22)20-21-12-4-1-5-13-21/h1-9,12-16,20H,10-11,17-19H2. The van der Waals surface area contributed by atoms with E-state index in [1.165, 1.54) is 16.7 Å². The largest absolute Gasteiger partial charge is 0.366 e. The quantitative estimate of drug-likeness (QED) is 0.294. The van der Waals surface area contributed by atoms with Crippen LogP contribution in [-0.4, -0.2) is 18.1 Å². The maximum atomic E-state index is 6.50. The van der Waals surface area contributed by atoms with Crippen LogP contribution in [0.1, 0.15) is 30.4 Å². The maximum Gasteiger partial charge on any atom is 0.116 e. The molecule has 1 unspecified atom stereocenters. The van der Waals surface area contributed by atoms with Gasteiger partial charge in [0, 0.05) is 18.9 Å². The van der Waals surface area contributed by atoms with Crippen molar-refractivity contribution in [1.29, 1.82) is 0 Å². The molecule has 0 fully saturated rings. The van der Waals surface area contributed by atoms with Crippen LogP contribution in [0.25, 0.3) is 11.6 Å². The van der Waals surface area contributed by atoms with Crippen molar-refractivity contribution >= 4 is 23.3 Å². The summed E-state index contributed by atoms with van der Waals surface area (Å²) in [6, 6.07) is 21.0. The molecule has 1 aliphatic rings. The van der Waals surface area contributed by atoms with Crippen LogP contribution in [0.3, 0.4) is 0 Å². The number of hydrogen-bond acceptors (Lipinski definition) is 1. The van der Waals surface area contributed by atoms with Crippen LogP contribution in [-0.2, 0) is 4.74 Å². The van der Waals surface area contributed by atoms with Gasteiger partial charge in [-0.15, -0.1) is 11.6 Å². The number of ether oxygens (including phenoxy) is 1. The Kier molecular flexibility index (Phi) is 6.88. The van der Waals surface area contributed by atoms with Crippen molar-refractivity contribution in [3.8, 4) is 0 Å².